The smallest absolute Gasteiger partial charge is 0.310 e. The lowest BCUT2D eigenvalue weighted by molar-refractivity contribution is -0.384. The molecule has 1 aromatic carbocycles. The number of halogens is 3. The van der Waals surface area contributed by atoms with E-state index in [1.165, 1.54) is 23.1 Å². The standard InChI is InChI=1S/C16H12F3N3O4/c17-16(18,19)11-1-4-14(23)20(8-11)9-15(24)21-6-5-10-7-12(22(25)26)2-3-13(10)21/h1-4,7-8H,5-6,9H2. The number of rotatable bonds is 3. The van der Waals surface area contributed by atoms with Crippen LogP contribution in [0.25, 0.3) is 0 Å². The van der Waals surface area contributed by atoms with Crippen molar-refractivity contribution in [1.82, 2.24) is 4.57 Å². The predicted molar refractivity (Wildman–Crippen MR) is 84.9 cm³/mol. The maximum absolute atomic E-state index is 12.8. The van der Waals surface area contributed by atoms with Gasteiger partial charge < -0.3 is 9.47 Å². The lowest BCUT2D eigenvalue weighted by Crippen LogP contribution is -2.35. The van der Waals surface area contributed by atoms with Crippen LogP contribution in [-0.2, 0) is 23.9 Å². The Kier molecular flexibility index (Phi) is 4.26. The van der Waals surface area contributed by atoms with Crippen LogP contribution in [0.2, 0.25) is 0 Å². The molecule has 1 aromatic heterocycles. The zero-order valence-corrected chi connectivity index (χ0v) is 13.2. The summed E-state index contributed by atoms with van der Waals surface area (Å²) in [5.41, 5.74) is -0.798. The van der Waals surface area contributed by atoms with Gasteiger partial charge in [0.25, 0.3) is 11.2 Å². The van der Waals surface area contributed by atoms with Gasteiger partial charge in [0.15, 0.2) is 0 Å². The maximum Gasteiger partial charge on any atom is 0.417 e. The fraction of sp³-hybridized carbons (Fsp3) is 0.250. The van der Waals surface area contributed by atoms with Crippen LogP contribution in [0.3, 0.4) is 0 Å². The van der Waals surface area contributed by atoms with E-state index in [0.29, 0.717) is 34.5 Å². The number of carbonyl (C=O) groups is 1. The molecule has 136 valence electrons. The average molecular weight is 367 g/mol. The highest BCUT2D eigenvalue weighted by molar-refractivity contribution is 5.95. The molecular weight excluding hydrogens is 355 g/mol. The van der Waals surface area contributed by atoms with Crippen molar-refractivity contribution < 1.29 is 22.9 Å². The molecule has 0 aliphatic carbocycles. The summed E-state index contributed by atoms with van der Waals surface area (Å²) in [7, 11) is 0. The summed E-state index contributed by atoms with van der Waals surface area (Å²) in [4.78, 5) is 35.8. The van der Waals surface area contributed by atoms with Crippen LogP contribution in [0.15, 0.2) is 41.3 Å². The molecule has 3 rings (SSSR count). The first kappa shape index (κ1) is 17.6. The van der Waals surface area contributed by atoms with Crippen LogP contribution in [0.4, 0.5) is 24.5 Å². The van der Waals surface area contributed by atoms with Gasteiger partial charge in [0, 0.05) is 36.6 Å². The number of non-ortho nitro benzene ring substituents is 1. The van der Waals surface area contributed by atoms with Gasteiger partial charge in [0.05, 0.1) is 10.5 Å². The minimum atomic E-state index is -4.63. The van der Waals surface area contributed by atoms with Crippen molar-refractivity contribution in [2.45, 2.75) is 19.1 Å². The predicted octanol–water partition coefficient (Wildman–Crippen LogP) is 2.36. The molecule has 2 heterocycles. The monoisotopic (exact) mass is 367 g/mol. The van der Waals surface area contributed by atoms with Gasteiger partial charge in [0.1, 0.15) is 6.54 Å². The third-order valence-electron chi connectivity index (χ3n) is 4.09. The fourth-order valence-electron chi connectivity index (χ4n) is 2.81. The molecule has 2 aromatic rings. The number of carbonyl (C=O) groups excluding carboxylic acids is 1. The number of benzene rings is 1. The zero-order chi connectivity index (χ0) is 19.1. The van der Waals surface area contributed by atoms with E-state index in [0.717, 1.165) is 6.07 Å². The first-order valence-corrected chi connectivity index (χ1v) is 7.52. The Morgan fingerprint density at radius 1 is 1.23 bits per heavy atom. The minimum Gasteiger partial charge on any atom is -0.310 e. The molecule has 0 radical (unpaired) electrons. The van der Waals surface area contributed by atoms with Crippen LogP contribution >= 0.6 is 0 Å². The van der Waals surface area contributed by atoms with Crippen molar-refractivity contribution in [1.29, 1.82) is 0 Å². The molecule has 1 aliphatic heterocycles. The normalized spacial score (nSPS) is 13.6. The van der Waals surface area contributed by atoms with Crippen LogP contribution in [0.5, 0.6) is 0 Å². The Balaban J connectivity index is 1.85. The van der Waals surface area contributed by atoms with E-state index in [1.807, 2.05) is 0 Å². The first-order valence-electron chi connectivity index (χ1n) is 7.52. The van der Waals surface area contributed by atoms with Crippen LogP contribution in [0, 0.1) is 10.1 Å². The van der Waals surface area contributed by atoms with Crippen LogP contribution in [0.1, 0.15) is 11.1 Å². The molecule has 0 N–H and O–H groups in total. The number of aromatic nitrogens is 1. The topological polar surface area (TPSA) is 85.5 Å². The van der Waals surface area contributed by atoms with Crippen molar-refractivity contribution in [3.05, 3.63) is 68.1 Å². The van der Waals surface area contributed by atoms with Crippen molar-refractivity contribution >= 4 is 17.3 Å². The lowest BCUT2D eigenvalue weighted by Gasteiger charge is -2.18. The second kappa shape index (κ2) is 6.28. The van der Waals surface area contributed by atoms with Gasteiger partial charge in [-0.1, -0.05) is 0 Å². The fourth-order valence-corrected chi connectivity index (χ4v) is 2.81. The number of nitro groups is 1. The molecule has 0 saturated heterocycles. The third-order valence-corrected chi connectivity index (χ3v) is 4.09. The largest absolute Gasteiger partial charge is 0.417 e. The molecule has 0 atom stereocenters. The molecule has 0 saturated carbocycles. The van der Waals surface area contributed by atoms with Gasteiger partial charge in [-0.3, -0.25) is 19.7 Å². The number of nitrogens with zero attached hydrogens (tertiary/aromatic N) is 3. The number of anilines is 1. The highest BCUT2D eigenvalue weighted by Crippen LogP contribution is 2.31. The van der Waals surface area contributed by atoms with Crippen LogP contribution < -0.4 is 10.5 Å². The van der Waals surface area contributed by atoms with Crippen molar-refractivity contribution in [2.75, 3.05) is 11.4 Å². The molecule has 0 fully saturated rings. The van der Waals surface area contributed by atoms with Gasteiger partial charge in [-0.15, -0.1) is 0 Å². The summed E-state index contributed by atoms with van der Waals surface area (Å²) in [6, 6.07) is 5.46. The SMILES string of the molecule is O=C(Cn1cc(C(F)(F)F)ccc1=O)N1CCc2cc([N+](=O)[O-])ccc21. The molecule has 7 nitrogen and oxygen atoms in total. The lowest BCUT2D eigenvalue weighted by atomic mass is 10.1. The van der Waals surface area contributed by atoms with Crippen LogP contribution in [-0.4, -0.2) is 21.9 Å². The minimum absolute atomic E-state index is 0.104. The van der Waals surface area contributed by atoms with Gasteiger partial charge >= 0.3 is 6.18 Å². The summed E-state index contributed by atoms with van der Waals surface area (Å²) >= 11 is 0. The van der Waals surface area contributed by atoms with E-state index >= 15 is 0 Å². The third kappa shape index (κ3) is 3.30. The summed E-state index contributed by atoms with van der Waals surface area (Å²) in [5.74, 6) is -0.570. The number of pyridine rings is 1. The van der Waals surface area contributed by atoms with E-state index in [4.69, 9.17) is 0 Å². The number of nitro benzene ring substituents is 1. The van der Waals surface area contributed by atoms with Gasteiger partial charge in [-0.05, 0) is 24.1 Å². The van der Waals surface area contributed by atoms with E-state index in [9.17, 15) is 32.9 Å². The number of fused-ring (bicyclic) bond motifs is 1. The number of amides is 1. The Morgan fingerprint density at radius 3 is 2.62 bits per heavy atom. The summed E-state index contributed by atoms with van der Waals surface area (Å²) < 4.78 is 39.0. The molecule has 1 aliphatic rings. The summed E-state index contributed by atoms with van der Waals surface area (Å²) in [6.45, 7) is -0.317. The van der Waals surface area contributed by atoms with E-state index in [2.05, 4.69) is 0 Å². The van der Waals surface area contributed by atoms with Crippen molar-refractivity contribution in [2.24, 2.45) is 0 Å². The highest BCUT2D eigenvalue weighted by Gasteiger charge is 2.32. The Morgan fingerprint density at radius 2 is 1.96 bits per heavy atom. The molecule has 0 unspecified atom stereocenters. The maximum atomic E-state index is 12.8. The molecule has 26 heavy (non-hydrogen) atoms. The van der Waals surface area contributed by atoms with Gasteiger partial charge in [-0.2, -0.15) is 13.2 Å². The second-order valence-electron chi connectivity index (χ2n) is 5.75. The molecule has 10 heteroatoms. The highest BCUT2D eigenvalue weighted by atomic mass is 19.4. The number of hydrogen-bond donors (Lipinski definition) is 0. The average Bonchev–Trinajstić information content (AvgIpc) is 2.98. The second-order valence-corrected chi connectivity index (χ2v) is 5.75. The Labute approximate surface area is 144 Å². The summed E-state index contributed by atoms with van der Waals surface area (Å²) in [6.07, 6.45) is -3.63. The van der Waals surface area contributed by atoms with E-state index < -0.39 is 34.7 Å². The summed E-state index contributed by atoms with van der Waals surface area (Å²) in [5, 5.41) is 10.8. The van der Waals surface area contributed by atoms with Crippen molar-refractivity contribution in [3.63, 3.8) is 0 Å². The van der Waals surface area contributed by atoms with Crippen molar-refractivity contribution in [3.8, 4) is 0 Å². The zero-order valence-electron chi connectivity index (χ0n) is 13.2. The Hall–Kier alpha value is -3.17. The molecule has 0 bridgehead atoms. The van der Waals surface area contributed by atoms with Gasteiger partial charge in [0.2, 0.25) is 5.91 Å². The van der Waals surface area contributed by atoms with Gasteiger partial charge in [-0.25, -0.2) is 0 Å². The Bertz CT molecular complexity index is 952. The molecule has 0 spiro atoms. The molecule has 1 amide bonds. The number of alkyl halides is 3. The van der Waals surface area contributed by atoms with E-state index in [-0.39, 0.29) is 12.2 Å². The number of hydrogen-bond acceptors (Lipinski definition) is 4. The quantitative estimate of drug-likeness (QED) is 0.616. The first-order chi connectivity index (χ1) is 12.2. The molecular formula is C16H12F3N3O4. The van der Waals surface area contributed by atoms with E-state index in [1.54, 1.807) is 0 Å².